The van der Waals surface area contributed by atoms with Crippen molar-refractivity contribution in [3.05, 3.63) is 69.6 Å². The fourth-order valence-corrected chi connectivity index (χ4v) is 3.00. The van der Waals surface area contributed by atoms with Crippen LogP contribution in [0.4, 0.5) is 10.5 Å². The lowest BCUT2D eigenvalue weighted by Gasteiger charge is -2.10. The first kappa shape index (κ1) is 21.9. The Hall–Kier alpha value is -3.81. The molecule has 0 bridgehead atoms. The lowest BCUT2D eigenvalue weighted by atomic mass is 10.0. The number of nitrogens with one attached hydrogen (secondary N) is 2. The molecule has 8 heteroatoms. The summed E-state index contributed by atoms with van der Waals surface area (Å²) in [6, 6.07) is 11.5. The third-order valence-corrected chi connectivity index (χ3v) is 4.87. The summed E-state index contributed by atoms with van der Waals surface area (Å²) in [5.74, 6) is 0.193. The van der Waals surface area contributed by atoms with Gasteiger partial charge in [0.1, 0.15) is 17.9 Å². The number of benzene rings is 2. The van der Waals surface area contributed by atoms with Crippen LogP contribution in [0.2, 0.25) is 0 Å². The van der Waals surface area contributed by atoms with Crippen molar-refractivity contribution in [1.82, 2.24) is 5.32 Å². The van der Waals surface area contributed by atoms with Gasteiger partial charge in [-0.15, -0.1) is 0 Å². The number of fused-ring (bicyclic) bond motifs is 1. The smallest absolute Gasteiger partial charge is 0.336 e. The number of amides is 2. The van der Waals surface area contributed by atoms with Gasteiger partial charge in [0.25, 0.3) is 0 Å². The Morgan fingerprint density at radius 3 is 2.52 bits per heavy atom. The van der Waals surface area contributed by atoms with E-state index >= 15 is 0 Å². The minimum absolute atomic E-state index is 0.00641. The quantitative estimate of drug-likeness (QED) is 0.443. The van der Waals surface area contributed by atoms with Gasteiger partial charge in [-0.3, -0.25) is 4.79 Å². The van der Waals surface area contributed by atoms with Crippen molar-refractivity contribution < 1.29 is 23.5 Å². The van der Waals surface area contributed by atoms with E-state index in [1.807, 2.05) is 26.0 Å². The van der Waals surface area contributed by atoms with E-state index in [9.17, 15) is 14.4 Å². The minimum Gasteiger partial charge on any atom is -0.497 e. The topological polar surface area (TPSA) is 107 Å². The van der Waals surface area contributed by atoms with Gasteiger partial charge in [-0.2, -0.15) is 0 Å². The van der Waals surface area contributed by atoms with Crippen LogP contribution in [0.3, 0.4) is 0 Å². The molecule has 0 aliphatic rings. The standard InChI is InChI=1S/C23H24N2O6/c1-14-4-9-19-16(12-21(27)31-22(19)15(14)2)13-30-20(26)10-11-24-23(28)25-17-5-7-18(29-3)8-6-17/h4-9,12H,10-11,13H2,1-3H3,(H2,24,25,28). The second-order valence-electron chi connectivity index (χ2n) is 6.99. The highest BCUT2D eigenvalue weighted by Gasteiger charge is 2.12. The van der Waals surface area contributed by atoms with E-state index in [-0.39, 0.29) is 19.6 Å². The fraction of sp³-hybridized carbons (Fsp3) is 0.261. The third-order valence-electron chi connectivity index (χ3n) is 4.87. The molecular formula is C23H24N2O6. The summed E-state index contributed by atoms with van der Waals surface area (Å²) in [6.07, 6.45) is -0.00641. The highest BCUT2D eigenvalue weighted by molar-refractivity contribution is 5.89. The van der Waals surface area contributed by atoms with E-state index < -0.39 is 17.6 Å². The molecule has 1 heterocycles. The van der Waals surface area contributed by atoms with Crippen LogP contribution in [-0.4, -0.2) is 25.7 Å². The molecule has 2 aromatic carbocycles. The summed E-state index contributed by atoms with van der Waals surface area (Å²) in [6.45, 7) is 3.86. The molecular weight excluding hydrogens is 400 g/mol. The molecule has 0 atom stereocenters. The number of methoxy groups -OCH3 is 1. The van der Waals surface area contributed by atoms with Gasteiger partial charge in [-0.25, -0.2) is 9.59 Å². The molecule has 2 N–H and O–H groups in total. The highest BCUT2D eigenvalue weighted by atomic mass is 16.5. The molecule has 0 unspecified atom stereocenters. The van der Waals surface area contributed by atoms with Gasteiger partial charge in [0.05, 0.1) is 13.5 Å². The van der Waals surface area contributed by atoms with E-state index in [0.717, 1.165) is 16.5 Å². The molecule has 31 heavy (non-hydrogen) atoms. The Morgan fingerprint density at radius 2 is 1.81 bits per heavy atom. The summed E-state index contributed by atoms with van der Waals surface area (Å²) >= 11 is 0. The molecule has 3 aromatic rings. The summed E-state index contributed by atoms with van der Waals surface area (Å²) in [7, 11) is 1.56. The zero-order valence-corrected chi connectivity index (χ0v) is 17.6. The minimum atomic E-state index is -0.496. The predicted octanol–water partition coefficient (Wildman–Crippen LogP) is 3.67. The molecule has 0 saturated carbocycles. The molecule has 8 nitrogen and oxygen atoms in total. The SMILES string of the molecule is COc1ccc(NC(=O)NCCC(=O)OCc2cc(=O)oc3c(C)c(C)ccc23)cc1. The number of urea groups is 1. The highest BCUT2D eigenvalue weighted by Crippen LogP contribution is 2.23. The number of aryl methyl sites for hydroxylation is 2. The lowest BCUT2D eigenvalue weighted by molar-refractivity contribution is -0.144. The van der Waals surface area contributed by atoms with Crippen LogP contribution in [0.1, 0.15) is 23.1 Å². The summed E-state index contributed by atoms with van der Waals surface area (Å²) in [4.78, 5) is 35.9. The molecule has 162 valence electrons. The zero-order valence-electron chi connectivity index (χ0n) is 17.6. The summed E-state index contributed by atoms with van der Waals surface area (Å²) < 4.78 is 15.7. The Kier molecular flexibility index (Phi) is 6.92. The lowest BCUT2D eigenvalue weighted by Crippen LogP contribution is -2.30. The molecule has 0 fully saturated rings. The van der Waals surface area contributed by atoms with Crippen LogP contribution >= 0.6 is 0 Å². The molecule has 1 aromatic heterocycles. The van der Waals surface area contributed by atoms with Crippen LogP contribution in [0.25, 0.3) is 11.0 Å². The number of carbonyl (C=O) groups is 2. The average molecular weight is 424 g/mol. The van der Waals surface area contributed by atoms with Crippen molar-refractivity contribution in [3.63, 3.8) is 0 Å². The van der Waals surface area contributed by atoms with E-state index in [0.29, 0.717) is 22.6 Å². The van der Waals surface area contributed by atoms with Crippen molar-refractivity contribution in [2.75, 3.05) is 19.0 Å². The van der Waals surface area contributed by atoms with Crippen molar-refractivity contribution in [2.45, 2.75) is 26.9 Å². The maximum absolute atomic E-state index is 12.1. The normalized spacial score (nSPS) is 10.5. The number of rotatable bonds is 7. The molecule has 0 aliphatic heterocycles. The number of hydrogen-bond acceptors (Lipinski definition) is 6. The summed E-state index contributed by atoms with van der Waals surface area (Å²) in [5, 5.41) is 5.98. The maximum atomic E-state index is 12.1. The van der Waals surface area contributed by atoms with Gasteiger partial charge in [0.15, 0.2) is 0 Å². The van der Waals surface area contributed by atoms with Gasteiger partial charge < -0.3 is 24.5 Å². The van der Waals surface area contributed by atoms with E-state index in [1.54, 1.807) is 31.4 Å². The van der Waals surface area contributed by atoms with Crippen LogP contribution < -0.4 is 21.0 Å². The number of esters is 1. The van der Waals surface area contributed by atoms with Crippen LogP contribution in [0.15, 0.2) is 51.7 Å². The number of hydrogen-bond donors (Lipinski definition) is 2. The second-order valence-corrected chi connectivity index (χ2v) is 6.99. The Morgan fingerprint density at radius 1 is 1.06 bits per heavy atom. The third kappa shape index (κ3) is 5.63. The number of ether oxygens (including phenoxy) is 2. The van der Waals surface area contributed by atoms with Gasteiger partial charge in [-0.05, 0) is 49.2 Å². The molecule has 0 radical (unpaired) electrons. The molecule has 3 rings (SSSR count). The summed E-state index contributed by atoms with van der Waals surface area (Å²) in [5.41, 5.74) is 3.05. The van der Waals surface area contributed by atoms with Gasteiger partial charge >= 0.3 is 17.6 Å². The maximum Gasteiger partial charge on any atom is 0.336 e. The van der Waals surface area contributed by atoms with Gasteiger partial charge in [0.2, 0.25) is 0 Å². The van der Waals surface area contributed by atoms with E-state index in [4.69, 9.17) is 13.9 Å². The van der Waals surface area contributed by atoms with Crippen LogP contribution in [-0.2, 0) is 16.1 Å². The fourth-order valence-electron chi connectivity index (χ4n) is 3.00. The first-order valence-electron chi connectivity index (χ1n) is 9.75. The van der Waals surface area contributed by atoms with Gasteiger partial charge in [0, 0.05) is 29.2 Å². The van der Waals surface area contributed by atoms with Crippen molar-refractivity contribution in [3.8, 4) is 5.75 Å². The van der Waals surface area contributed by atoms with E-state index in [2.05, 4.69) is 10.6 Å². The molecule has 0 spiro atoms. The largest absolute Gasteiger partial charge is 0.497 e. The predicted molar refractivity (Wildman–Crippen MR) is 116 cm³/mol. The van der Waals surface area contributed by atoms with Crippen molar-refractivity contribution in [1.29, 1.82) is 0 Å². The van der Waals surface area contributed by atoms with Crippen LogP contribution in [0.5, 0.6) is 5.75 Å². The number of carbonyl (C=O) groups excluding carboxylic acids is 2. The number of anilines is 1. The van der Waals surface area contributed by atoms with Crippen molar-refractivity contribution in [2.24, 2.45) is 0 Å². The monoisotopic (exact) mass is 424 g/mol. The van der Waals surface area contributed by atoms with Gasteiger partial charge in [-0.1, -0.05) is 12.1 Å². The molecule has 0 aliphatic carbocycles. The first-order valence-corrected chi connectivity index (χ1v) is 9.75. The van der Waals surface area contributed by atoms with Crippen molar-refractivity contribution >= 4 is 28.7 Å². The molecule has 0 saturated heterocycles. The Balaban J connectivity index is 1.50. The zero-order chi connectivity index (χ0) is 22.4. The van der Waals surface area contributed by atoms with Crippen LogP contribution in [0, 0.1) is 13.8 Å². The van der Waals surface area contributed by atoms with E-state index in [1.165, 1.54) is 6.07 Å². The Labute approximate surface area is 179 Å². The first-order chi connectivity index (χ1) is 14.9. The second kappa shape index (κ2) is 9.80. The molecule has 2 amide bonds. The Bertz CT molecular complexity index is 1150. The average Bonchev–Trinajstić information content (AvgIpc) is 2.75.